The fourth-order valence-electron chi connectivity index (χ4n) is 2.06. The predicted octanol–water partition coefficient (Wildman–Crippen LogP) is 6.88. The van der Waals surface area contributed by atoms with E-state index in [1.165, 1.54) is 32.1 Å². The van der Waals surface area contributed by atoms with Crippen LogP contribution in [0.3, 0.4) is 0 Å². The van der Waals surface area contributed by atoms with Gasteiger partial charge in [-0.2, -0.15) is 0 Å². The van der Waals surface area contributed by atoms with E-state index in [-0.39, 0.29) is 0 Å². The van der Waals surface area contributed by atoms with E-state index in [2.05, 4.69) is 54.7 Å². The van der Waals surface area contributed by atoms with Gasteiger partial charge in [-0.25, -0.2) is 0 Å². The van der Waals surface area contributed by atoms with Gasteiger partial charge >= 0.3 is 0 Å². The Bertz CT molecular complexity index is 202. The highest BCUT2D eigenvalue weighted by molar-refractivity contribution is 4.76. The first-order chi connectivity index (χ1) is 8.87. The minimum atomic E-state index is 0.696. The summed E-state index contributed by atoms with van der Waals surface area (Å²) in [4.78, 5) is 0. The van der Waals surface area contributed by atoms with Gasteiger partial charge in [0.25, 0.3) is 0 Å². The maximum atomic E-state index is 3.77. The third-order valence-electron chi connectivity index (χ3n) is 3.56. The molecular weight excluding hydrogens is 228 g/mol. The molecule has 0 aromatic carbocycles. The summed E-state index contributed by atoms with van der Waals surface area (Å²) in [5.74, 6) is 3.11. The second-order valence-corrected chi connectivity index (χ2v) is 6.53. The first-order valence-corrected chi connectivity index (χ1v) is 8.12. The molecule has 0 radical (unpaired) electrons. The smallest absolute Gasteiger partial charge is 0.0262 e. The van der Waals surface area contributed by atoms with Crippen molar-refractivity contribution in [2.45, 2.75) is 73.6 Å². The Morgan fingerprint density at radius 1 is 0.789 bits per heavy atom. The molecule has 0 rings (SSSR count). The lowest BCUT2D eigenvalue weighted by atomic mass is 9.94. The van der Waals surface area contributed by atoms with Crippen molar-refractivity contribution in [3.63, 3.8) is 0 Å². The second kappa shape index (κ2) is 13.9. The number of allylic oxidation sites excluding steroid dienone is 2. The Morgan fingerprint density at radius 2 is 1.32 bits per heavy atom. The maximum Gasteiger partial charge on any atom is -0.0262 e. The van der Waals surface area contributed by atoms with E-state index in [4.69, 9.17) is 0 Å². The largest absolute Gasteiger partial charge is 0.103 e. The van der Waals surface area contributed by atoms with Crippen molar-refractivity contribution in [2.75, 3.05) is 0 Å². The minimum absolute atomic E-state index is 0.696. The van der Waals surface area contributed by atoms with Gasteiger partial charge in [0.1, 0.15) is 0 Å². The molecule has 0 heteroatoms. The lowest BCUT2D eigenvalue weighted by Gasteiger charge is -2.12. The quantitative estimate of drug-likeness (QED) is 0.399. The van der Waals surface area contributed by atoms with Crippen LogP contribution in [0.25, 0.3) is 0 Å². The highest BCUT2D eigenvalue weighted by Gasteiger charge is 2.03. The molecular formula is C19H38. The summed E-state index contributed by atoms with van der Waals surface area (Å²) in [6.45, 7) is 21.1. The summed E-state index contributed by atoms with van der Waals surface area (Å²) in [6, 6.07) is 0. The van der Waals surface area contributed by atoms with Gasteiger partial charge < -0.3 is 0 Å². The standard InChI is InChI=1S/C10H20.C9H18/c1-5-7-10(4)8-9(3)6-2;1-5-9(4)7-6-8(2)3/h6,9-10H,2,5,7-8H2,1,3-4H3;5,8-9H,1,6-7H2,2-4H3. The fraction of sp³-hybridized carbons (Fsp3) is 0.789. The highest BCUT2D eigenvalue weighted by Crippen LogP contribution is 2.16. The molecule has 114 valence electrons. The molecule has 0 aliphatic heterocycles. The van der Waals surface area contributed by atoms with Crippen LogP contribution in [0.4, 0.5) is 0 Å². The molecule has 0 aliphatic carbocycles. The summed E-state index contributed by atoms with van der Waals surface area (Å²) in [5.41, 5.74) is 0. The topological polar surface area (TPSA) is 0 Å². The number of hydrogen-bond donors (Lipinski definition) is 0. The highest BCUT2D eigenvalue weighted by atomic mass is 14.1. The summed E-state index contributed by atoms with van der Waals surface area (Å²) >= 11 is 0. The molecule has 3 atom stereocenters. The monoisotopic (exact) mass is 266 g/mol. The lowest BCUT2D eigenvalue weighted by molar-refractivity contribution is 0.435. The molecule has 0 nitrogen and oxygen atoms in total. The Hall–Kier alpha value is -0.520. The van der Waals surface area contributed by atoms with E-state index in [1.54, 1.807) is 0 Å². The van der Waals surface area contributed by atoms with Gasteiger partial charge in [-0.1, -0.05) is 73.0 Å². The Labute approximate surface area is 123 Å². The van der Waals surface area contributed by atoms with E-state index < -0.39 is 0 Å². The average Bonchev–Trinajstić information content (AvgIpc) is 2.36. The van der Waals surface area contributed by atoms with E-state index >= 15 is 0 Å². The van der Waals surface area contributed by atoms with Crippen LogP contribution in [-0.2, 0) is 0 Å². The first-order valence-electron chi connectivity index (χ1n) is 8.12. The summed E-state index contributed by atoms with van der Waals surface area (Å²) in [6.07, 6.45) is 10.7. The van der Waals surface area contributed by atoms with Gasteiger partial charge in [-0.05, 0) is 36.5 Å². The Kier molecular flexibility index (Phi) is 15.2. The van der Waals surface area contributed by atoms with E-state index in [9.17, 15) is 0 Å². The van der Waals surface area contributed by atoms with Gasteiger partial charge in [0.15, 0.2) is 0 Å². The summed E-state index contributed by atoms with van der Waals surface area (Å²) < 4.78 is 0. The molecule has 0 aromatic rings. The summed E-state index contributed by atoms with van der Waals surface area (Å²) in [7, 11) is 0. The van der Waals surface area contributed by atoms with Crippen molar-refractivity contribution in [1.82, 2.24) is 0 Å². The van der Waals surface area contributed by atoms with E-state index in [1.807, 2.05) is 12.2 Å². The molecule has 0 amide bonds. The molecule has 0 bridgehead atoms. The zero-order valence-corrected chi connectivity index (χ0v) is 14.4. The van der Waals surface area contributed by atoms with E-state index in [0.29, 0.717) is 11.8 Å². The van der Waals surface area contributed by atoms with Crippen molar-refractivity contribution in [2.24, 2.45) is 23.7 Å². The first kappa shape index (κ1) is 20.8. The minimum Gasteiger partial charge on any atom is -0.103 e. The molecule has 0 saturated heterocycles. The molecule has 0 heterocycles. The van der Waals surface area contributed by atoms with Crippen molar-refractivity contribution >= 4 is 0 Å². The van der Waals surface area contributed by atoms with Gasteiger partial charge in [-0.15, -0.1) is 13.2 Å². The predicted molar refractivity (Wildman–Crippen MR) is 91.5 cm³/mol. The van der Waals surface area contributed by atoms with Crippen LogP contribution in [0.5, 0.6) is 0 Å². The zero-order chi connectivity index (χ0) is 15.3. The SMILES string of the molecule is C=CC(C)CC(C)CCC.C=CC(C)CCC(C)C. The summed E-state index contributed by atoms with van der Waals surface area (Å²) in [5, 5.41) is 0. The number of hydrogen-bond acceptors (Lipinski definition) is 0. The van der Waals surface area contributed by atoms with Gasteiger partial charge in [0, 0.05) is 0 Å². The normalized spacial score (nSPS) is 15.1. The molecule has 19 heavy (non-hydrogen) atoms. The van der Waals surface area contributed by atoms with Crippen LogP contribution in [0.2, 0.25) is 0 Å². The van der Waals surface area contributed by atoms with Crippen molar-refractivity contribution in [1.29, 1.82) is 0 Å². The third-order valence-corrected chi connectivity index (χ3v) is 3.56. The molecule has 0 spiro atoms. The molecule has 0 fully saturated rings. The molecule has 0 aliphatic rings. The number of rotatable bonds is 9. The third kappa shape index (κ3) is 17.5. The van der Waals surface area contributed by atoms with Crippen LogP contribution >= 0.6 is 0 Å². The Morgan fingerprint density at radius 3 is 1.68 bits per heavy atom. The van der Waals surface area contributed by atoms with Crippen LogP contribution < -0.4 is 0 Å². The van der Waals surface area contributed by atoms with Gasteiger partial charge in [0.05, 0.1) is 0 Å². The van der Waals surface area contributed by atoms with Crippen LogP contribution in [0.15, 0.2) is 25.3 Å². The molecule has 0 aromatic heterocycles. The molecule has 0 N–H and O–H groups in total. The van der Waals surface area contributed by atoms with Crippen molar-refractivity contribution in [3.8, 4) is 0 Å². The van der Waals surface area contributed by atoms with Crippen molar-refractivity contribution in [3.05, 3.63) is 25.3 Å². The average molecular weight is 267 g/mol. The van der Waals surface area contributed by atoms with Gasteiger partial charge in [-0.3, -0.25) is 0 Å². The van der Waals surface area contributed by atoms with Crippen LogP contribution in [0, 0.1) is 23.7 Å². The van der Waals surface area contributed by atoms with Crippen LogP contribution in [0.1, 0.15) is 73.6 Å². The van der Waals surface area contributed by atoms with E-state index in [0.717, 1.165) is 11.8 Å². The van der Waals surface area contributed by atoms with Crippen molar-refractivity contribution < 1.29 is 0 Å². The molecule has 3 unspecified atom stereocenters. The second-order valence-electron chi connectivity index (χ2n) is 6.53. The van der Waals surface area contributed by atoms with Crippen LogP contribution in [-0.4, -0.2) is 0 Å². The lowest BCUT2D eigenvalue weighted by Crippen LogP contribution is -1.99. The zero-order valence-electron chi connectivity index (χ0n) is 14.4. The molecule has 0 saturated carbocycles. The fourth-order valence-corrected chi connectivity index (χ4v) is 2.06. The van der Waals surface area contributed by atoms with Gasteiger partial charge in [0.2, 0.25) is 0 Å². The maximum absolute atomic E-state index is 3.77. The Balaban J connectivity index is 0.